The summed E-state index contributed by atoms with van der Waals surface area (Å²) in [5, 5.41) is 6.77. The van der Waals surface area contributed by atoms with Crippen LogP contribution in [0.1, 0.15) is 44.9 Å². The molecule has 4 bridgehead atoms. The minimum Gasteiger partial charge on any atom is -0.338 e. The number of urea groups is 1. The molecule has 6 rings (SSSR count). The third-order valence-electron chi connectivity index (χ3n) is 7.65. The highest BCUT2D eigenvalue weighted by Gasteiger charge is 2.51. The van der Waals surface area contributed by atoms with Crippen LogP contribution in [0.25, 0.3) is 0 Å². The predicted molar refractivity (Wildman–Crippen MR) is 116 cm³/mol. The Morgan fingerprint density at radius 1 is 1.13 bits per heavy atom. The van der Waals surface area contributed by atoms with Crippen molar-refractivity contribution in [3.8, 4) is 0 Å². The second-order valence-electron chi connectivity index (χ2n) is 10.0. The van der Waals surface area contributed by atoms with Gasteiger partial charge < -0.3 is 10.6 Å². The Hall–Kier alpha value is -1.31. The summed E-state index contributed by atoms with van der Waals surface area (Å²) in [6, 6.07) is 6.29. The number of carbonyl (C=O) groups excluding carboxylic acids is 1. The Morgan fingerprint density at radius 2 is 1.80 bits per heavy atom. The number of amides is 2. The maximum absolute atomic E-state index is 12.9. The number of hydrogen-bond donors (Lipinski definition) is 2. The maximum atomic E-state index is 12.9. The van der Waals surface area contributed by atoms with Crippen molar-refractivity contribution in [1.82, 2.24) is 14.9 Å². The molecule has 30 heavy (non-hydrogen) atoms. The quantitative estimate of drug-likeness (QED) is 0.717. The number of carbonyl (C=O) groups is 1. The number of nitrogens with zero attached hydrogens (tertiary/aromatic N) is 1. The van der Waals surface area contributed by atoms with Gasteiger partial charge in [0.05, 0.1) is 4.90 Å². The standard InChI is InChI=1S/C22H30ClN3O3S/c23-19-2-1-3-20(9-19)30(28,29)26-5-4-15(14-26)13-24-21(27)25-22-10-16-6-17(11-22)8-18(7-16)12-22/h1-3,9,15-18H,4-8,10-14H2,(H2,24,25,27). The molecule has 0 radical (unpaired) electrons. The second kappa shape index (κ2) is 7.68. The molecule has 1 unspecified atom stereocenters. The van der Waals surface area contributed by atoms with Crippen molar-refractivity contribution in [2.45, 2.75) is 55.4 Å². The fraction of sp³-hybridized carbons (Fsp3) is 0.682. The molecule has 5 fully saturated rings. The molecule has 0 aromatic heterocycles. The maximum Gasteiger partial charge on any atom is 0.315 e. The Balaban J connectivity index is 1.14. The van der Waals surface area contributed by atoms with Crippen LogP contribution in [-0.4, -0.2) is 43.9 Å². The number of benzene rings is 1. The zero-order chi connectivity index (χ0) is 20.9. The second-order valence-corrected chi connectivity index (χ2v) is 12.4. The van der Waals surface area contributed by atoms with Gasteiger partial charge in [-0.1, -0.05) is 17.7 Å². The molecule has 1 heterocycles. The Kier molecular flexibility index (Phi) is 5.27. The zero-order valence-electron chi connectivity index (χ0n) is 17.1. The molecule has 6 nitrogen and oxygen atoms in total. The first kappa shape index (κ1) is 20.6. The van der Waals surface area contributed by atoms with Crippen LogP contribution in [0, 0.1) is 23.7 Å². The van der Waals surface area contributed by atoms with Gasteiger partial charge in [0, 0.05) is 30.2 Å². The van der Waals surface area contributed by atoms with Crippen LogP contribution in [0.3, 0.4) is 0 Å². The Morgan fingerprint density at radius 3 is 2.43 bits per heavy atom. The molecule has 0 spiro atoms. The van der Waals surface area contributed by atoms with Crippen molar-refractivity contribution < 1.29 is 13.2 Å². The molecule has 8 heteroatoms. The van der Waals surface area contributed by atoms with E-state index in [2.05, 4.69) is 10.6 Å². The van der Waals surface area contributed by atoms with Crippen molar-refractivity contribution in [3.05, 3.63) is 29.3 Å². The molecule has 1 atom stereocenters. The van der Waals surface area contributed by atoms with Gasteiger partial charge in [0.1, 0.15) is 0 Å². The van der Waals surface area contributed by atoms with E-state index in [-0.39, 0.29) is 22.4 Å². The summed E-state index contributed by atoms with van der Waals surface area (Å²) in [7, 11) is -3.55. The van der Waals surface area contributed by atoms with Crippen molar-refractivity contribution in [2.75, 3.05) is 19.6 Å². The molecule has 5 aliphatic rings. The summed E-state index contributed by atoms with van der Waals surface area (Å²) in [6.45, 7) is 1.39. The Bertz CT molecular complexity index is 900. The van der Waals surface area contributed by atoms with Crippen molar-refractivity contribution in [3.63, 3.8) is 0 Å². The van der Waals surface area contributed by atoms with Gasteiger partial charge in [0.15, 0.2) is 0 Å². The lowest BCUT2D eigenvalue weighted by Gasteiger charge is -2.56. The molecule has 2 N–H and O–H groups in total. The van der Waals surface area contributed by atoms with Crippen LogP contribution in [0.5, 0.6) is 0 Å². The van der Waals surface area contributed by atoms with Gasteiger partial charge in [0.25, 0.3) is 0 Å². The number of halogens is 1. The van der Waals surface area contributed by atoms with E-state index < -0.39 is 10.0 Å². The van der Waals surface area contributed by atoms with E-state index in [1.54, 1.807) is 18.2 Å². The molecule has 1 aromatic rings. The molecule has 4 saturated carbocycles. The predicted octanol–water partition coefficient (Wildman–Crippen LogP) is 3.62. The normalized spacial score (nSPS) is 35.5. The monoisotopic (exact) mass is 451 g/mol. The molecule has 4 aliphatic carbocycles. The number of sulfonamides is 1. The van der Waals surface area contributed by atoms with Gasteiger partial charge in [0.2, 0.25) is 10.0 Å². The van der Waals surface area contributed by atoms with E-state index in [1.165, 1.54) is 29.6 Å². The molecule has 1 aromatic carbocycles. The summed E-state index contributed by atoms with van der Waals surface area (Å²) in [4.78, 5) is 12.9. The topological polar surface area (TPSA) is 78.5 Å². The van der Waals surface area contributed by atoms with Gasteiger partial charge in [-0.25, -0.2) is 13.2 Å². The molecule has 164 valence electrons. The molecule has 1 aliphatic heterocycles. The van der Waals surface area contributed by atoms with Crippen LogP contribution < -0.4 is 10.6 Å². The van der Waals surface area contributed by atoms with E-state index in [4.69, 9.17) is 11.6 Å². The van der Waals surface area contributed by atoms with Crippen molar-refractivity contribution in [2.24, 2.45) is 23.7 Å². The summed E-state index contributed by atoms with van der Waals surface area (Å²) in [5.41, 5.74) is -0.00351. The SMILES string of the molecule is O=C(NCC1CCN(S(=O)(=O)c2cccc(Cl)c2)C1)NC12CC3CC(CC(C3)C1)C2. The molecular formula is C22H30ClN3O3S. The van der Waals surface area contributed by atoms with Gasteiger partial charge in [-0.15, -0.1) is 0 Å². The molecule has 2 amide bonds. The van der Waals surface area contributed by atoms with E-state index in [1.807, 2.05) is 0 Å². The first-order valence-electron chi connectivity index (χ1n) is 11.1. The van der Waals surface area contributed by atoms with Gasteiger partial charge in [-0.2, -0.15) is 4.31 Å². The van der Waals surface area contributed by atoms with Crippen molar-refractivity contribution in [1.29, 1.82) is 0 Å². The fourth-order valence-corrected chi connectivity index (χ4v) is 8.58. The van der Waals surface area contributed by atoms with Crippen LogP contribution >= 0.6 is 11.6 Å². The highest BCUT2D eigenvalue weighted by atomic mass is 35.5. The number of hydrogen-bond acceptors (Lipinski definition) is 3. The molecule has 1 saturated heterocycles. The third kappa shape index (κ3) is 3.96. The first-order chi connectivity index (χ1) is 14.3. The smallest absolute Gasteiger partial charge is 0.315 e. The van der Waals surface area contributed by atoms with E-state index in [9.17, 15) is 13.2 Å². The Labute approximate surface area is 183 Å². The largest absolute Gasteiger partial charge is 0.338 e. The van der Waals surface area contributed by atoms with Gasteiger partial charge in [-0.3, -0.25) is 0 Å². The van der Waals surface area contributed by atoms with E-state index >= 15 is 0 Å². The van der Waals surface area contributed by atoms with E-state index in [0.717, 1.165) is 43.4 Å². The van der Waals surface area contributed by atoms with Crippen molar-refractivity contribution >= 4 is 27.7 Å². The number of nitrogens with one attached hydrogen (secondary N) is 2. The number of rotatable bonds is 5. The summed E-state index contributed by atoms with van der Waals surface area (Å²) >= 11 is 5.96. The average molecular weight is 452 g/mol. The minimum atomic E-state index is -3.55. The highest BCUT2D eigenvalue weighted by Crippen LogP contribution is 2.55. The summed E-state index contributed by atoms with van der Waals surface area (Å²) in [5.74, 6) is 2.49. The first-order valence-corrected chi connectivity index (χ1v) is 12.9. The van der Waals surface area contributed by atoms with Crippen LogP contribution in [-0.2, 0) is 10.0 Å². The molecular weight excluding hydrogens is 422 g/mol. The van der Waals surface area contributed by atoms with Crippen LogP contribution in [0.4, 0.5) is 4.79 Å². The van der Waals surface area contributed by atoms with Gasteiger partial charge >= 0.3 is 6.03 Å². The third-order valence-corrected chi connectivity index (χ3v) is 9.75. The fourth-order valence-electron chi connectivity index (χ4n) is 6.74. The van der Waals surface area contributed by atoms with Crippen LogP contribution in [0.2, 0.25) is 5.02 Å². The summed E-state index contributed by atoms with van der Waals surface area (Å²) < 4.78 is 27.2. The van der Waals surface area contributed by atoms with Crippen LogP contribution in [0.15, 0.2) is 29.2 Å². The van der Waals surface area contributed by atoms with E-state index in [0.29, 0.717) is 24.7 Å². The summed E-state index contributed by atoms with van der Waals surface area (Å²) in [6.07, 6.45) is 8.17. The lowest BCUT2D eigenvalue weighted by atomic mass is 9.53. The lowest BCUT2D eigenvalue weighted by Crippen LogP contribution is -2.61. The highest BCUT2D eigenvalue weighted by molar-refractivity contribution is 7.89. The average Bonchev–Trinajstić information content (AvgIpc) is 3.15. The minimum absolute atomic E-state index is 0.00351. The van der Waals surface area contributed by atoms with Gasteiger partial charge in [-0.05, 0) is 86.8 Å². The zero-order valence-corrected chi connectivity index (χ0v) is 18.7. The lowest BCUT2D eigenvalue weighted by molar-refractivity contribution is -0.0135.